The van der Waals surface area contributed by atoms with Crippen molar-refractivity contribution in [3.8, 4) is 16.3 Å². The largest absolute Gasteiger partial charge is 0.494 e. The quantitative estimate of drug-likeness (QED) is 0.475. The fourth-order valence-corrected chi connectivity index (χ4v) is 3.63. The number of carbonyl (C=O) groups excluding carboxylic acids is 1. The highest BCUT2D eigenvalue weighted by molar-refractivity contribution is 7.13. The zero-order valence-corrected chi connectivity index (χ0v) is 17.3. The van der Waals surface area contributed by atoms with Crippen LogP contribution in [0.15, 0.2) is 53.9 Å². The fourth-order valence-electron chi connectivity index (χ4n) is 2.81. The minimum Gasteiger partial charge on any atom is -0.494 e. The first-order chi connectivity index (χ1) is 14.1. The Labute approximate surface area is 174 Å². The van der Waals surface area contributed by atoms with E-state index in [1.54, 1.807) is 23.5 Å². The molecule has 1 aromatic heterocycles. The number of rotatable bonds is 10. The lowest BCUT2D eigenvalue weighted by atomic mass is 10.1. The number of aryl methyl sites for hydroxylation is 1. The summed E-state index contributed by atoms with van der Waals surface area (Å²) >= 11 is 1.56. The summed E-state index contributed by atoms with van der Waals surface area (Å²) in [5.41, 5.74) is 3.18. The van der Waals surface area contributed by atoms with E-state index in [1.807, 2.05) is 5.38 Å². The molecule has 152 valence electrons. The van der Waals surface area contributed by atoms with E-state index >= 15 is 0 Å². The molecule has 3 aromatic rings. The van der Waals surface area contributed by atoms with Gasteiger partial charge in [0.05, 0.1) is 18.7 Å². The van der Waals surface area contributed by atoms with Crippen molar-refractivity contribution in [1.82, 2.24) is 10.3 Å². The Kier molecular flexibility index (Phi) is 7.76. The topological polar surface area (TPSA) is 51.2 Å². The number of benzene rings is 2. The van der Waals surface area contributed by atoms with Crippen LogP contribution in [-0.4, -0.2) is 24.0 Å². The van der Waals surface area contributed by atoms with E-state index in [1.165, 1.54) is 17.7 Å². The highest BCUT2D eigenvalue weighted by Gasteiger charge is 2.09. The van der Waals surface area contributed by atoms with E-state index in [0.717, 1.165) is 35.5 Å². The molecule has 6 heteroatoms. The first-order valence-electron chi connectivity index (χ1n) is 9.83. The van der Waals surface area contributed by atoms with E-state index in [-0.39, 0.29) is 18.1 Å². The van der Waals surface area contributed by atoms with Crippen molar-refractivity contribution < 1.29 is 13.9 Å². The lowest BCUT2D eigenvalue weighted by Gasteiger charge is -2.07. The number of hydrogen-bond acceptors (Lipinski definition) is 4. The molecule has 3 rings (SSSR count). The number of unbranched alkanes of at least 4 members (excludes halogenated alkanes) is 1. The molecule has 0 aliphatic heterocycles. The Hall–Kier alpha value is -2.73. The molecule has 1 heterocycles. The standard InChI is InChI=1S/C23H25FN2O2S/c1-2-17-5-7-18(8-6-17)23-26-20(16-29-23)15-22(27)25-13-3-4-14-28-21-11-9-19(24)10-12-21/h5-12,16H,2-4,13-15H2,1H3,(H,25,27). The van der Waals surface area contributed by atoms with Crippen LogP contribution in [0.1, 0.15) is 31.0 Å². The van der Waals surface area contributed by atoms with Crippen LogP contribution in [0.5, 0.6) is 5.75 Å². The molecular weight excluding hydrogens is 387 g/mol. The molecule has 0 saturated heterocycles. The highest BCUT2D eigenvalue weighted by Crippen LogP contribution is 2.24. The third kappa shape index (κ3) is 6.68. The fraction of sp³-hybridized carbons (Fsp3) is 0.304. The lowest BCUT2D eigenvalue weighted by Crippen LogP contribution is -2.26. The summed E-state index contributed by atoms with van der Waals surface area (Å²) in [5, 5.41) is 5.80. The van der Waals surface area contributed by atoms with E-state index in [9.17, 15) is 9.18 Å². The first kappa shape index (κ1) is 21.0. The minimum absolute atomic E-state index is 0.0253. The summed E-state index contributed by atoms with van der Waals surface area (Å²) in [6, 6.07) is 14.4. The van der Waals surface area contributed by atoms with Crippen molar-refractivity contribution in [3.63, 3.8) is 0 Å². The van der Waals surface area contributed by atoms with E-state index < -0.39 is 0 Å². The summed E-state index contributed by atoms with van der Waals surface area (Å²) in [4.78, 5) is 16.7. The summed E-state index contributed by atoms with van der Waals surface area (Å²) < 4.78 is 18.4. The van der Waals surface area contributed by atoms with Gasteiger partial charge in [-0.15, -0.1) is 11.3 Å². The van der Waals surface area contributed by atoms with Crippen molar-refractivity contribution in [2.24, 2.45) is 0 Å². The average molecular weight is 413 g/mol. The smallest absolute Gasteiger partial charge is 0.226 e. The molecule has 0 saturated carbocycles. The van der Waals surface area contributed by atoms with Gasteiger partial charge in [-0.3, -0.25) is 4.79 Å². The van der Waals surface area contributed by atoms with Crippen LogP contribution in [0.2, 0.25) is 0 Å². The predicted molar refractivity (Wildman–Crippen MR) is 115 cm³/mol. The molecule has 0 radical (unpaired) electrons. The van der Waals surface area contributed by atoms with Gasteiger partial charge in [-0.2, -0.15) is 0 Å². The van der Waals surface area contributed by atoms with Crippen molar-refractivity contribution in [2.45, 2.75) is 32.6 Å². The summed E-state index contributed by atoms with van der Waals surface area (Å²) in [5.74, 6) is 0.350. The maximum absolute atomic E-state index is 12.8. The first-order valence-corrected chi connectivity index (χ1v) is 10.7. The molecule has 0 aliphatic rings. The van der Waals surface area contributed by atoms with Gasteiger partial charge < -0.3 is 10.1 Å². The molecule has 0 bridgehead atoms. The molecule has 2 aromatic carbocycles. The van der Waals surface area contributed by atoms with Gasteiger partial charge in [0, 0.05) is 17.5 Å². The van der Waals surface area contributed by atoms with Crippen LogP contribution >= 0.6 is 11.3 Å². The van der Waals surface area contributed by atoms with Crippen molar-refractivity contribution in [1.29, 1.82) is 0 Å². The number of carbonyl (C=O) groups is 1. The molecule has 0 spiro atoms. The number of thiazole rings is 1. The Morgan fingerprint density at radius 1 is 1.10 bits per heavy atom. The molecule has 0 fully saturated rings. The number of nitrogens with one attached hydrogen (secondary N) is 1. The Morgan fingerprint density at radius 3 is 2.59 bits per heavy atom. The van der Waals surface area contributed by atoms with Crippen LogP contribution in [0.25, 0.3) is 10.6 Å². The molecule has 0 aliphatic carbocycles. The number of aromatic nitrogens is 1. The average Bonchev–Trinajstić information content (AvgIpc) is 3.20. The normalized spacial score (nSPS) is 10.7. The summed E-state index contributed by atoms with van der Waals surface area (Å²) in [6.45, 7) is 3.27. The van der Waals surface area contributed by atoms with Crippen molar-refractivity contribution in [2.75, 3.05) is 13.2 Å². The van der Waals surface area contributed by atoms with Gasteiger partial charge in [0.15, 0.2) is 0 Å². The van der Waals surface area contributed by atoms with Gasteiger partial charge in [0.1, 0.15) is 16.6 Å². The molecular formula is C23H25FN2O2S. The Balaban J connectivity index is 1.34. The maximum atomic E-state index is 12.8. The maximum Gasteiger partial charge on any atom is 0.226 e. The molecule has 1 amide bonds. The van der Waals surface area contributed by atoms with Gasteiger partial charge in [-0.1, -0.05) is 31.2 Å². The van der Waals surface area contributed by atoms with Crippen LogP contribution in [-0.2, 0) is 17.6 Å². The lowest BCUT2D eigenvalue weighted by molar-refractivity contribution is -0.120. The van der Waals surface area contributed by atoms with Crippen LogP contribution in [0.3, 0.4) is 0 Å². The van der Waals surface area contributed by atoms with Crippen LogP contribution < -0.4 is 10.1 Å². The molecule has 0 atom stereocenters. The Bertz CT molecular complexity index is 907. The number of ether oxygens (including phenoxy) is 1. The highest BCUT2D eigenvalue weighted by atomic mass is 32.1. The number of hydrogen-bond donors (Lipinski definition) is 1. The second-order valence-corrected chi connectivity index (χ2v) is 7.59. The molecule has 29 heavy (non-hydrogen) atoms. The third-order valence-electron chi connectivity index (χ3n) is 4.48. The second-order valence-electron chi connectivity index (χ2n) is 6.73. The second kappa shape index (κ2) is 10.7. The van der Waals surface area contributed by atoms with E-state index in [2.05, 4.69) is 41.5 Å². The summed E-state index contributed by atoms with van der Waals surface area (Å²) in [7, 11) is 0. The van der Waals surface area contributed by atoms with Gasteiger partial charge in [0.25, 0.3) is 0 Å². The SMILES string of the molecule is CCc1ccc(-c2nc(CC(=O)NCCCCOc3ccc(F)cc3)cs2)cc1. The van der Waals surface area contributed by atoms with E-state index in [4.69, 9.17) is 4.74 Å². The molecule has 1 N–H and O–H groups in total. The monoisotopic (exact) mass is 412 g/mol. The van der Waals surface area contributed by atoms with Crippen molar-refractivity contribution >= 4 is 17.2 Å². The number of amides is 1. The Morgan fingerprint density at radius 2 is 1.86 bits per heavy atom. The summed E-state index contributed by atoms with van der Waals surface area (Å²) in [6.07, 6.45) is 2.93. The predicted octanol–water partition coefficient (Wildman–Crippen LogP) is 5.03. The van der Waals surface area contributed by atoms with Crippen LogP contribution in [0, 0.1) is 5.82 Å². The van der Waals surface area contributed by atoms with Gasteiger partial charge >= 0.3 is 0 Å². The van der Waals surface area contributed by atoms with Gasteiger partial charge in [0.2, 0.25) is 5.91 Å². The molecule has 4 nitrogen and oxygen atoms in total. The van der Waals surface area contributed by atoms with Gasteiger partial charge in [-0.25, -0.2) is 9.37 Å². The van der Waals surface area contributed by atoms with Gasteiger partial charge in [-0.05, 0) is 49.1 Å². The van der Waals surface area contributed by atoms with Crippen molar-refractivity contribution in [3.05, 3.63) is 71.0 Å². The number of nitrogens with zero attached hydrogens (tertiary/aromatic N) is 1. The van der Waals surface area contributed by atoms with E-state index in [0.29, 0.717) is 18.9 Å². The van der Waals surface area contributed by atoms with Crippen LogP contribution in [0.4, 0.5) is 4.39 Å². The zero-order valence-electron chi connectivity index (χ0n) is 16.5. The molecule has 0 unspecified atom stereocenters. The minimum atomic E-state index is -0.276. The zero-order chi connectivity index (χ0) is 20.5. The third-order valence-corrected chi connectivity index (χ3v) is 5.42. The number of halogens is 1.